The molecule has 0 aliphatic rings. The highest BCUT2D eigenvalue weighted by atomic mass is 32.2. The molecule has 1 aromatic heterocycles. The van der Waals surface area contributed by atoms with Gasteiger partial charge in [-0.1, -0.05) is 18.2 Å². The van der Waals surface area contributed by atoms with Crippen molar-refractivity contribution in [2.75, 3.05) is 12.0 Å². The Morgan fingerprint density at radius 3 is 2.31 bits per heavy atom. The van der Waals surface area contributed by atoms with Crippen LogP contribution in [0.1, 0.15) is 25.8 Å². The zero-order chi connectivity index (χ0) is 26.1. The first-order valence-corrected chi connectivity index (χ1v) is 12.6. The molecule has 5 atom stereocenters. The first kappa shape index (κ1) is 28.1. The Bertz CT molecular complexity index is 1040. The van der Waals surface area contributed by atoms with Crippen LogP contribution in [0.5, 0.6) is 0 Å². The zero-order valence-corrected chi connectivity index (χ0v) is 20.7. The summed E-state index contributed by atoms with van der Waals surface area (Å²) in [5.41, 5.74) is 7.33. The summed E-state index contributed by atoms with van der Waals surface area (Å²) in [5, 5.41) is 27.4. The highest BCUT2D eigenvalue weighted by Crippen LogP contribution is 2.19. The number of nitrogens with one attached hydrogen (secondary N) is 4. The molecule has 12 heteroatoms. The van der Waals surface area contributed by atoms with Gasteiger partial charge in [0.05, 0.1) is 6.10 Å². The maximum absolute atomic E-state index is 13.1. The molecule has 0 saturated heterocycles. The molecule has 0 aliphatic carbocycles. The molecule has 1 aromatic carbocycles. The molecular formula is C23H33N5O6S. The summed E-state index contributed by atoms with van der Waals surface area (Å²) in [6, 6.07) is 2.95. The van der Waals surface area contributed by atoms with Crippen LogP contribution in [0.4, 0.5) is 0 Å². The molecule has 11 nitrogen and oxygen atoms in total. The summed E-state index contributed by atoms with van der Waals surface area (Å²) < 4.78 is 0. The number of hydrogen-bond donors (Lipinski definition) is 7. The largest absolute Gasteiger partial charge is 0.480 e. The summed E-state index contributed by atoms with van der Waals surface area (Å²) in [6.07, 6.45) is 2.75. The van der Waals surface area contributed by atoms with E-state index in [1.165, 1.54) is 25.6 Å². The number of hydrogen-bond acceptors (Lipinski definition) is 7. The minimum atomic E-state index is -1.25. The van der Waals surface area contributed by atoms with Crippen LogP contribution in [0.3, 0.4) is 0 Å². The smallest absolute Gasteiger partial charge is 0.326 e. The average Bonchev–Trinajstić information content (AvgIpc) is 3.22. The van der Waals surface area contributed by atoms with Crippen molar-refractivity contribution in [1.82, 2.24) is 20.9 Å². The second-order valence-corrected chi connectivity index (χ2v) is 9.29. The van der Waals surface area contributed by atoms with E-state index in [2.05, 4.69) is 20.9 Å². The van der Waals surface area contributed by atoms with Crippen molar-refractivity contribution in [1.29, 1.82) is 0 Å². The minimum absolute atomic E-state index is 0.0912. The number of carbonyl (C=O) groups is 4. The predicted molar refractivity (Wildman–Crippen MR) is 134 cm³/mol. The first-order chi connectivity index (χ1) is 16.5. The van der Waals surface area contributed by atoms with Gasteiger partial charge in [-0.25, -0.2) is 4.79 Å². The van der Waals surface area contributed by atoms with Gasteiger partial charge in [0.2, 0.25) is 17.7 Å². The molecule has 0 radical (unpaired) electrons. The van der Waals surface area contributed by atoms with Gasteiger partial charge in [0.25, 0.3) is 0 Å². The Kier molecular flexibility index (Phi) is 10.6. The van der Waals surface area contributed by atoms with Gasteiger partial charge in [0.15, 0.2) is 0 Å². The maximum Gasteiger partial charge on any atom is 0.326 e. The van der Waals surface area contributed by atoms with Crippen LogP contribution in [0.2, 0.25) is 0 Å². The van der Waals surface area contributed by atoms with Gasteiger partial charge < -0.3 is 36.9 Å². The van der Waals surface area contributed by atoms with Crippen molar-refractivity contribution < 1.29 is 29.4 Å². The Hall–Kier alpha value is -3.09. The third kappa shape index (κ3) is 7.98. The molecule has 35 heavy (non-hydrogen) atoms. The van der Waals surface area contributed by atoms with Crippen LogP contribution in [-0.4, -0.2) is 81.2 Å². The van der Waals surface area contributed by atoms with Crippen molar-refractivity contribution in [2.24, 2.45) is 5.73 Å². The van der Waals surface area contributed by atoms with Gasteiger partial charge in [-0.15, -0.1) is 0 Å². The van der Waals surface area contributed by atoms with Gasteiger partial charge in [0, 0.05) is 23.5 Å². The monoisotopic (exact) mass is 507 g/mol. The quantitative estimate of drug-likeness (QED) is 0.193. The molecule has 0 spiro atoms. The Morgan fingerprint density at radius 1 is 1.03 bits per heavy atom. The van der Waals surface area contributed by atoms with E-state index < -0.39 is 54.0 Å². The van der Waals surface area contributed by atoms with Gasteiger partial charge in [-0.2, -0.15) is 11.8 Å². The normalized spacial score (nSPS) is 15.5. The van der Waals surface area contributed by atoms with Gasteiger partial charge in [-0.05, 0) is 43.9 Å². The third-order valence-electron chi connectivity index (χ3n) is 5.53. The van der Waals surface area contributed by atoms with E-state index in [-0.39, 0.29) is 12.8 Å². The fourth-order valence-electron chi connectivity index (χ4n) is 3.39. The number of amides is 3. The van der Waals surface area contributed by atoms with E-state index in [4.69, 9.17) is 5.73 Å². The Balaban J connectivity index is 2.16. The molecule has 2 aromatic rings. The number of aromatic amines is 1. The fourth-order valence-corrected chi connectivity index (χ4v) is 3.86. The van der Waals surface area contributed by atoms with Crippen LogP contribution < -0.4 is 21.7 Å². The number of para-hydroxylation sites is 1. The zero-order valence-electron chi connectivity index (χ0n) is 19.9. The Labute approximate surface area is 207 Å². The second kappa shape index (κ2) is 13.1. The number of carbonyl (C=O) groups excluding carboxylic acids is 3. The summed E-state index contributed by atoms with van der Waals surface area (Å²) in [5.74, 6) is -2.66. The number of H-pyrrole nitrogens is 1. The molecule has 2 rings (SSSR count). The molecule has 0 aliphatic heterocycles. The second-order valence-electron chi connectivity index (χ2n) is 8.30. The summed E-state index contributed by atoms with van der Waals surface area (Å²) in [4.78, 5) is 52.7. The maximum atomic E-state index is 13.1. The van der Waals surface area contributed by atoms with E-state index >= 15 is 0 Å². The van der Waals surface area contributed by atoms with Crippen LogP contribution in [0.25, 0.3) is 10.9 Å². The van der Waals surface area contributed by atoms with Crippen molar-refractivity contribution in [2.45, 2.75) is 57.0 Å². The summed E-state index contributed by atoms with van der Waals surface area (Å²) in [7, 11) is 0. The van der Waals surface area contributed by atoms with E-state index in [0.29, 0.717) is 5.75 Å². The number of aliphatic carboxylic acids is 1. The van der Waals surface area contributed by atoms with Crippen molar-refractivity contribution in [3.05, 3.63) is 36.0 Å². The molecular weight excluding hydrogens is 474 g/mol. The predicted octanol–water partition coefficient (Wildman–Crippen LogP) is -0.269. The van der Waals surface area contributed by atoms with Crippen LogP contribution >= 0.6 is 11.8 Å². The molecule has 0 fully saturated rings. The first-order valence-electron chi connectivity index (χ1n) is 11.2. The molecule has 5 unspecified atom stereocenters. The molecule has 192 valence electrons. The number of carboxylic acid groups (broad SMARTS) is 1. The standard InChI is InChI=1S/C23H33N5O6S/c1-12(20(30)27-17(23(33)34)8-9-35-3)26-21(31)18(28-22(32)19(24)13(2)29)10-14-11-25-16-7-5-4-6-15(14)16/h4-7,11-13,17-19,25,29H,8-10,24H2,1-3H3,(H,26,31)(H,27,30)(H,28,32)(H,33,34). The number of rotatable bonds is 13. The summed E-state index contributed by atoms with van der Waals surface area (Å²) in [6.45, 7) is 2.79. The molecule has 0 saturated carbocycles. The van der Waals surface area contributed by atoms with Crippen molar-refractivity contribution in [3.8, 4) is 0 Å². The number of aliphatic hydroxyl groups is 1. The third-order valence-corrected chi connectivity index (χ3v) is 6.18. The number of fused-ring (bicyclic) bond motifs is 1. The van der Waals surface area contributed by atoms with Crippen LogP contribution in [-0.2, 0) is 25.6 Å². The molecule has 0 bridgehead atoms. The number of thioether (sulfide) groups is 1. The number of benzene rings is 1. The van der Waals surface area contributed by atoms with E-state index in [0.717, 1.165) is 16.5 Å². The SMILES string of the molecule is CSCCC(NC(=O)C(C)NC(=O)C(Cc1c[nH]c2ccccc12)NC(=O)C(N)C(C)O)C(=O)O. The van der Waals surface area contributed by atoms with Crippen LogP contribution in [0, 0.1) is 0 Å². The van der Waals surface area contributed by atoms with Gasteiger partial charge in [0.1, 0.15) is 24.2 Å². The Morgan fingerprint density at radius 2 is 1.69 bits per heavy atom. The number of aliphatic hydroxyl groups excluding tert-OH is 1. The average molecular weight is 508 g/mol. The van der Waals surface area contributed by atoms with Crippen molar-refractivity contribution in [3.63, 3.8) is 0 Å². The lowest BCUT2D eigenvalue weighted by Crippen LogP contribution is -2.58. The number of carboxylic acids is 1. The molecule has 8 N–H and O–H groups in total. The van der Waals surface area contributed by atoms with E-state index in [1.807, 2.05) is 30.5 Å². The van der Waals surface area contributed by atoms with Gasteiger partial charge >= 0.3 is 5.97 Å². The lowest BCUT2D eigenvalue weighted by Gasteiger charge is -2.24. The molecule has 1 heterocycles. The molecule has 3 amide bonds. The van der Waals surface area contributed by atoms with E-state index in [9.17, 15) is 29.4 Å². The highest BCUT2D eigenvalue weighted by Gasteiger charge is 2.30. The fraction of sp³-hybridized carbons (Fsp3) is 0.478. The highest BCUT2D eigenvalue weighted by molar-refractivity contribution is 7.98. The van der Waals surface area contributed by atoms with E-state index in [1.54, 1.807) is 6.20 Å². The number of nitrogens with two attached hydrogens (primary N) is 1. The topological polar surface area (TPSA) is 187 Å². The van der Waals surface area contributed by atoms with Gasteiger partial charge in [-0.3, -0.25) is 14.4 Å². The summed E-state index contributed by atoms with van der Waals surface area (Å²) >= 11 is 1.45. The van der Waals surface area contributed by atoms with Crippen molar-refractivity contribution >= 4 is 46.4 Å². The van der Waals surface area contributed by atoms with Crippen LogP contribution in [0.15, 0.2) is 30.5 Å². The lowest BCUT2D eigenvalue weighted by atomic mass is 10.0. The minimum Gasteiger partial charge on any atom is -0.480 e. The lowest BCUT2D eigenvalue weighted by molar-refractivity contribution is -0.142. The number of aromatic nitrogens is 1.